The molecule has 0 spiro atoms. The van der Waals surface area contributed by atoms with Gasteiger partial charge >= 0.3 is 0 Å². The summed E-state index contributed by atoms with van der Waals surface area (Å²) < 4.78 is 0. The second-order valence-electron chi connectivity index (χ2n) is 2.89. The molecule has 0 aliphatic carbocycles. The van der Waals surface area contributed by atoms with Crippen LogP contribution >= 0.6 is 35.6 Å². The summed E-state index contributed by atoms with van der Waals surface area (Å²) in [6, 6.07) is 7.26. The van der Waals surface area contributed by atoms with Crippen LogP contribution in [-0.4, -0.2) is 24.7 Å². The normalized spacial score (nSPS) is 11.3. The standard InChI is InChI=1S/C10H12Cl2N4O.ClH/c11-5-6-17-16-10(13)15-14-7-8-3-1-2-4-9(8)12;/h1-4,7H,5-6H2,(H3,13,15,16);1H/b14-7+;. The van der Waals surface area contributed by atoms with E-state index < -0.39 is 0 Å². The third-order valence-electron chi connectivity index (χ3n) is 1.62. The molecule has 1 rings (SSSR count). The number of hydrogen-bond donors (Lipinski definition) is 2. The number of alkyl halides is 1. The second-order valence-corrected chi connectivity index (χ2v) is 3.68. The van der Waals surface area contributed by atoms with Gasteiger partial charge in [-0.1, -0.05) is 29.8 Å². The molecule has 5 nitrogen and oxygen atoms in total. The maximum absolute atomic E-state index is 5.92. The van der Waals surface area contributed by atoms with Crippen LogP contribution in [0.25, 0.3) is 0 Å². The van der Waals surface area contributed by atoms with Crippen LogP contribution in [0.1, 0.15) is 5.56 Å². The van der Waals surface area contributed by atoms with Crippen LogP contribution in [0.2, 0.25) is 5.02 Å². The molecule has 8 heteroatoms. The molecule has 0 radical (unpaired) electrons. The average molecular weight is 312 g/mol. The Morgan fingerprint density at radius 2 is 2.17 bits per heavy atom. The van der Waals surface area contributed by atoms with E-state index in [1.54, 1.807) is 6.07 Å². The molecule has 0 saturated carbocycles. The van der Waals surface area contributed by atoms with Gasteiger partial charge in [-0.05, 0) is 6.07 Å². The average Bonchev–Trinajstić information content (AvgIpc) is 2.32. The topological polar surface area (TPSA) is 72.0 Å². The monoisotopic (exact) mass is 310 g/mol. The molecule has 0 heterocycles. The lowest BCUT2D eigenvalue weighted by atomic mass is 10.2. The van der Waals surface area contributed by atoms with Crippen molar-refractivity contribution in [1.82, 2.24) is 5.48 Å². The highest BCUT2D eigenvalue weighted by atomic mass is 35.5. The number of nitrogens with two attached hydrogens (primary N) is 1. The van der Waals surface area contributed by atoms with Gasteiger partial charge in [0.05, 0.1) is 12.8 Å². The maximum atomic E-state index is 5.92. The minimum Gasteiger partial charge on any atom is -0.367 e. The third kappa shape index (κ3) is 6.66. The zero-order chi connectivity index (χ0) is 12.5. The number of benzene rings is 1. The molecule has 100 valence electrons. The molecule has 0 unspecified atom stereocenters. The lowest BCUT2D eigenvalue weighted by Crippen LogP contribution is -2.31. The van der Waals surface area contributed by atoms with Gasteiger partial charge in [0.25, 0.3) is 0 Å². The lowest BCUT2D eigenvalue weighted by molar-refractivity contribution is 0.0974. The molecule has 1 aromatic carbocycles. The third-order valence-corrected chi connectivity index (χ3v) is 2.12. The van der Waals surface area contributed by atoms with Crippen molar-refractivity contribution in [3.63, 3.8) is 0 Å². The molecule has 1 aromatic rings. The predicted octanol–water partition coefficient (Wildman–Crippen LogP) is 2.17. The Kier molecular flexibility index (Phi) is 9.40. The largest absolute Gasteiger partial charge is 0.367 e. The van der Waals surface area contributed by atoms with Crippen molar-refractivity contribution in [2.75, 3.05) is 12.5 Å². The summed E-state index contributed by atoms with van der Waals surface area (Å²) in [7, 11) is 0. The van der Waals surface area contributed by atoms with Crippen LogP contribution in [0, 0.1) is 0 Å². The molecule has 0 aliphatic heterocycles. The Bertz CT molecular complexity index is 412. The number of nitrogens with zero attached hydrogens (tertiary/aromatic N) is 2. The summed E-state index contributed by atoms with van der Waals surface area (Å²) in [5, 5.41) is 8.01. The van der Waals surface area contributed by atoms with Crippen molar-refractivity contribution in [2.45, 2.75) is 0 Å². The molecule has 18 heavy (non-hydrogen) atoms. The summed E-state index contributed by atoms with van der Waals surface area (Å²) >= 11 is 11.3. The number of hydrogen-bond acceptors (Lipinski definition) is 3. The van der Waals surface area contributed by atoms with E-state index in [0.717, 1.165) is 5.56 Å². The number of guanidine groups is 1. The van der Waals surface area contributed by atoms with Gasteiger partial charge < -0.3 is 5.73 Å². The Hall–Kier alpha value is -1.01. The Balaban J connectivity index is 0.00000289. The minimum absolute atomic E-state index is 0. The first-order valence-corrected chi connectivity index (χ1v) is 5.70. The summed E-state index contributed by atoms with van der Waals surface area (Å²) in [6.07, 6.45) is 1.50. The van der Waals surface area contributed by atoms with E-state index in [-0.39, 0.29) is 18.4 Å². The van der Waals surface area contributed by atoms with Crippen LogP contribution in [-0.2, 0) is 4.84 Å². The maximum Gasteiger partial charge on any atom is 0.237 e. The van der Waals surface area contributed by atoms with Gasteiger partial charge in [0.15, 0.2) is 0 Å². The highest BCUT2D eigenvalue weighted by Gasteiger charge is 1.93. The Labute approximate surface area is 121 Å². The smallest absolute Gasteiger partial charge is 0.237 e. The van der Waals surface area contributed by atoms with Crippen molar-refractivity contribution in [3.8, 4) is 0 Å². The number of halogens is 3. The van der Waals surface area contributed by atoms with Crippen LogP contribution in [0.4, 0.5) is 0 Å². The molecule has 3 N–H and O–H groups in total. The quantitative estimate of drug-likeness (QED) is 0.288. The fourth-order valence-corrected chi connectivity index (χ4v) is 1.18. The van der Waals surface area contributed by atoms with E-state index in [4.69, 9.17) is 33.8 Å². The van der Waals surface area contributed by atoms with Crippen molar-refractivity contribution in [2.24, 2.45) is 15.9 Å². The molecule has 0 atom stereocenters. The first-order valence-electron chi connectivity index (χ1n) is 4.79. The van der Waals surface area contributed by atoms with Crippen LogP contribution in [0.5, 0.6) is 0 Å². The van der Waals surface area contributed by atoms with Gasteiger partial charge in [0, 0.05) is 16.5 Å². The molecule has 0 bridgehead atoms. The fourth-order valence-electron chi connectivity index (χ4n) is 0.917. The first-order chi connectivity index (χ1) is 8.24. The summed E-state index contributed by atoms with van der Waals surface area (Å²) in [5.74, 6) is 0.404. The van der Waals surface area contributed by atoms with Crippen LogP contribution < -0.4 is 11.2 Å². The van der Waals surface area contributed by atoms with E-state index in [0.29, 0.717) is 17.5 Å². The highest BCUT2D eigenvalue weighted by Crippen LogP contribution is 2.12. The second kappa shape index (κ2) is 9.96. The minimum atomic E-state index is 0. The van der Waals surface area contributed by atoms with E-state index in [2.05, 4.69) is 15.7 Å². The van der Waals surface area contributed by atoms with Gasteiger partial charge in [0.1, 0.15) is 0 Å². The van der Waals surface area contributed by atoms with Gasteiger partial charge in [0.2, 0.25) is 5.96 Å². The molecular formula is C10H13Cl3N4O. The van der Waals surface area contributed by atoms with E-state index >= 15 is 0 Å². The number of nitrogens with one attached hydrogen (secondary N) is 1. The van der Waals surface area contributed by atoms with Crippen molar-refractivity contribution >= 4 is 47.8 Å². The highest BCUT2D eigenvalue weighted by molar-refractivity contribution is 6.33. The predicted molar refractivity (Wildman–Crippen MR) is 77.7 cm³/mol. The first kappa shape index (κ1) is 17.0. The number of rotatable bonds is 5. The Morgan fingerprint density at radius 1 is 1.44 bits per heavy atom. The summed E-state index contributed by atoms with van der Waals surface area (Å²) in [5.41, 5.74) is 8.58. The van der Waals surface area contributed by atoms with E-state index in [1.807, 2.05) is 18.2 Å². The van der Waals surface area contributed by atoms with Crippen LogP contribution in [0.15, 0.2) is 34.5 Å². The van der Waals surface area contributed by atoms with Crippen LogP contribution in [0.3, 0.4) is 0 Å². The molecule has 0 amide bonds. The Morgan fingerprint density at radius 3 is 2.83 bits per heavy atom. The van der Waals surface area contributed by atoms with Gasteiger partial charge in [-0.25, -0.2) is 5.48 Å². The number of hydroxylamine groups is 1. The van der Waals surface area contributed by atoms with Gasteiger partial charge in [-0.2, -0.15) is 5.10 Å². The van der Waals surface area contributed by atoms with E-state index in [1.165, 1.54) is 6.21 Å². The zero-order valence-corrected chi connectivity index (χ0v) is 11.7. The molecule has 0 fully saturated rings. The molecule has 0 aliphatic rings. The SMILES string of the molecule is Cl.NC(=N/N=C/c1ccccc1Cl)NOCCCl. The molecular weight excluding hydrogens is 298 g/mol. The van der Waals surface area contributed by atoms with Crippen molar-refractivity contribution in [1.29, 1.82) is 0 Å². The fraction of sp³-hybridized carbons (Fsp3) is 0.200. The van der Waals surface area contributed by atoms with Crippen molar-refractivity contribution < 1.29 is 4.84 Å². The lowest BCUT2D eigenvalue weighted by Gasteiger charge is -2.01. The summed E-state index contributed by atoms with van der Waals surface area (Å²) in [6.45, 7) is 0.325. The van der Waals surface area contributed by atoms with Gasteiger partial charge in [-0.15, -0.1) is 29.1 Å². The zero-order valence-electron chi connectivity index (χ0n) is 9.35. The molecule has 0 saturated heterocycles. The molecule has 0 aromatic heterocycles. The van der Waals surface area contributed by atoms with Gasteiger partial charge in [-0.3, -0.25) is 4.84 Å². The van der Waals surface area contributed by atoms with Crippen molar-refractivity contribution in [3.05, 3.63) is 34.9 Å². The summed E-state index contributed by atoms with van der Waals surface area (Å²) in [4.78, 5) is 4.83. The van der Waals surface area contributed by atoms with E-state index in [9.17, 15) is 0 Å².